The van der Waals surface area contributed by atoms with Gasteiger partial charge in [0, 0.05) is 6.07 Å². The first-order valence-corrected chi connectivity index (χ1v) is 4.56. The second-order valence-corrected chi connectivity index (χ2v) is 3.47. The van der Waals surface area contributed by atoms with Gasteiger partial charge in [0.15, 0.2) is 5.43 Å². The van der Waals surface area contributed by atoms with Gasteiger partial charge in [-0.05, 0) is 18.6 Å². The van der Waals surface area contributed by atoms with Gasteiger partial charge in [-0.15, -0.1) is 0 Å². The van der Waals surface area contributed by atoms with E-state index in [1.165, 1.54) is 12.1 Å². The Morgan fingerprint density at radius 1 is 1.44 bits per heavy atom. The molecule has 0 bridgehead atoms. The smallest absolute Gasteiger partial charge is 0.352 e. The van der Waals surface area contributed by atoms with Crippen molar-refractivity contribution in [2.75, 3.05) is 0 Å². The lowest BCUT2D eigenvalue weighted by Gasteiger charge is -2.03. The SMILES string of the molecule is Cc1ccc2[nH]c(C(=O)O)cc(=O)c2c1F. The Kier molecular flexibility index (Phi) is 2.23. The summed E-state index contributed by atoms with van der Waals surface area (Å²) in [5, 5.41) is 8.62. The number of carboxylic acids is 1. The fourth-order valence-electron chi connectivity index (χ4n) is 1.52. The van der Waals surface area contributed by atoms with E-state index in [1.807, 2.05) is 0 Å². The molecule has 0 spiro atoms. The van der Waals surface area contributed by atoms with Crippen LogP contribution < -0.4 is 5.43 Å². The van der Waals surface area contributed by atoms with Crippen LogP contribution in [0.3, 0.4) is 0 Å². The summed E-state index contributed by atoms with van der Waals surface area (Å²) in [6, 6.07) is 3.86. The van der Waals surface area contributed by atoms with Gasteiger partial charge < -0.3 is 10.1 Å². The molecule has 2 rings (SSSR count). The Morgan fingerprint density at radius 3 is 2.75 bits per heavy atom. The Labute approximate surface area is 89.3 Å². The number of aromatic amines is 1. The van der Waals surface area contributed by atoms with E-state index in [-0.39, 0.29) is 16.6 Å². The quantitative estimate of drug-likeness (QED) is 0.769. The molecular formula is C11H8FNO3. The number of H-pyrrole nitrogens is 1. The van der Waals surface area contributed by atoms with Gasteiger partial charge in [-0.1, -0.05) is 6.07 Å². The molecule has 4 nitrogen and oxygen atoms in total. The van der Waals surface area contributed by atoms with Crippen molar-refractivity contribution < 1.29 is 14.3 Å². The van der Waals surface area contributed by atoms with E-state index in [4.69, 9.17) is 5.11 Å². The van der Waals surface area contributed by atoms with Crippen LogP contribution in [-0.4, -0.2) is 16.1 Å². The monoisotopic (exact) mass is 221 g/mol. The number of pyridine rings is 1. The number of aromatic nitrogens is 1. The maximum atomic E-state index is 13.6. The van der Waals surface area contributed by atoms with Gasteiger partial charge in [0.05, 0.1) is 10.9 Å². The highest BCUT2D eigenvalue weighted by molar-refractivity contribution is 5.90. The molecule has 2 aromatic rings. The predicted octanol–water partition coefficient (Wildman–Crippen LogP) is 1.67. The molecular weight excluding hydrogens is 213 g/mol. The summed E-state index contributed by atoms with van der Waals surface area (Å²) >= 11 is 0. The van der Waals surface area contributed by atoms with E-state index in [2.05, 4.69) is 4.98 Å². The lowest BCUT2D eigenvalue weighted by Crippen LogP contribution is -2.11. The molecule has 0 radical (unpaired) electrons. The molecule has 82 valence electrons. The third-order valence-electron chi connectivity index (χ3n) is 2.36. The second kappa shape index (κ2) is 3.44. The topological polar surface area (TPSA) is 70.2 Å². The molecule has 0 fully saturated rings. The first kappa shape index (κ1) is 10.4. The number of benzene rings is 1. The van der Waals surface area contributed by atoms with E-state index in [0.717, 1.165) is 6.07 Å². The largest absolute Gasteiger partial charge is 0.477 e. The van der Waals surface area contributed by atoms with Crippen LogP contribution in [0.4, 0.5) is 4.39 Å². The number of fused-ring (bicyclic) bond motifs is 1. The minimum Gasteiger partial charge on any atom is -0.477 e. The molecule has 0 unspecified atom stereocenters. The molecule has 0 aliphatic carbocycles. The molecule has 0 atom stereocenters. The fraction of sp³-hybridized carbons (Fsp3) is 0.0909. The van der Waals surface area contributed by atoms with Gasteiger partial charge >= 0.3 is 5.97 Å². The first-order valence-electron chi connectivity index (χ1n) is 4.56. The zero-order chi connectivity index (χ0) is 11.9. The summed E-state index contributed by atoms with van der Waals surface area (Å²) in [5.74, 6) is -1.87. The lowest BCUT2D eigenvalue weighted by atomic mass is 10.1. The van der Waals surface area contributed by atoms with Crippen LogP contribution in [-0.2, 0) is 0 Å². The first-order chi connectivity index (χ1) is 7.50. The summed E-state index contributed by atoms with van der Waals surface area (Å²) in [7, 11) is 0. The Balaban J connectivity index is 2.92. The normalized spacial score (nSPS) is 10.6. The third kappa shape index (κ3) is 1.46. The van der Waals surface area contributed by atoms with Crippen LogP contribution in [0.1, 0.15) is 16.1 Å². The molecule has 0 amide bonds. The zero-order valence-corrected chi connectivity index (χ0v) is 8.37. The van der Waals surface area contributed by atoms with Gasteiger partial charge in [-0.2, -0.15) is 0 Å². The number of aryl methyl sites for hydroxylation is 1. The van der Waals surface area contributed by atoms with Crippen molar-refractivity contribution in [2.24, 2.45) is 0 Å². The average molecular weight is 221 g/mol. The highest BCUT2D eigenvalue weighted by atomic mass is 19.1. The number of hydrogen-bond donors (Lipinski definition) is 2. The van der Waals surface area contributed by atoms with Crippen molar-refractivity contribution in [2.45, 2.75) is 6.92 Å². The Morgan fingerprint density at radius 2 is 2.12 bits per heavy atom. The molecule has 16 heavy (non-hydrogen) atoms. The number of aromatic carboxylic acids is 1. The van der Waals surface area contributed by atoms with E-state index in [1.54, 1.807) is 6.92 Å². The number of hydrogen-bond acceptors (Lipinski definition) is 2. The Hall–Kier alpha value is -2.17. The number of halogens is 1. The summed E-state index contributed by atoms with van der Waals surface area (Å²) < 4.78 is 13.6. The molecule has 1 heterocycles. The molecule has 1 aromatic heterocycles. The van der Waals surface area contributed by atoms with Crippen molar-refractivity contribution in [3.8, 4) is 0 Å². The van der Waals surface area contributed by atoms with Crippen LogP contribution in [0, 0.1) is 12.7 Å². The van der Waals surface area contributed by atoms with E-state index in [9.17, 15) is 14.0 Å². The minimum atomic E-state index is -1.25. The minimum absolute atomic E-state index is 0.106. The molecule has 0 saturated heterocycles. The lowest BCUT2D eigenvalue weighted by molar-refractivity contribution is 0.0691. The predicted molar refractivity (Wildman–Crippen MR) is 56.2 cm³/mol. The van der Waals surface area contributed by atoms with Gasteiger partial charge in [-0.25, -0.2) is 9.18 Å². The maximum Gasteiger partial charge on any atom is 0.352 e. The summed E-state index contributed by atoms with van der Waals surface area (Å²) in [5.41, 5.74) is -0.345. The molecule has 5 heteroatoms. The summed E-state index contributed by atoms with van der Waals surface area (Å²) in [4.78, 5) is 24.7. The maximum absolute atomic E-state index is 13.6. The highest BCUT2D eigenvalue weighted by Crippen LogP contribution is 2.16. The van der Waals surface area contributed by atoms with Crippen LogP contribution >= 0.6 is 0 Å². The Bertz CT molecular complexity index is 645. The van der Waals surface area contributed by atoms with Gasteiger partial charge in [0.2, 0.25) is 0 Å². The number of nitrogens with one attached hydrogen (secondary N) is 1. The fourth-order valence-corrected chi connectivity index (χ4v) is 1.52. The number of carboxylic acid groups (broad SMARTS) is 1. The molecule has 1 aromatic carbocycles. The van der Waals surface area contributed by atoms with E-state index >= 15 is 0 Å². The summed E-state index contributed by atoms with van der Waals surface area (Å²) in [6.07, 6.45) is 0. The van der Waals surface area contributed by atoms with Gasteiger partial charge in [0.1, 0.15) is 11.5 Å². The van der Waals surface area contributed by atoms with Crippen LogP contribution in [0.25, 0.3) is 10.9 Å². The van der Waals surface area contributed by atoms with E-state index < -0.39 is 17.2 Å². The van der Waals surface area contributed by atoms with Crippen molar-refractivity contribution in [3.63, 3.8) is 0 Å². The van der Waals surface area contributed by atoms with E-state index in [0.29, 0.717) is 5.56 Å². The van der Waals surface area contributed by atoms with Gasteiger partial charge in [-0.3, -0.25) is 4.79 Å². The zero-order valence-electron chi connectivity index (χ0n) is 8.37. The van der Waals surface area contributed by atoms with Crippen molar-refractivity contribution in [1.29, 1.82) is 0 Å². The van der Waals surface area contributed by atoms with Crippen LogP contribution in [0.2, 0.25) is 0 Å². The average Bonchev–Trinajstić information content (AvgIpc) is 2.22. The molecule has 0 aliphatic rings. The molecule has 2 N–H and O–H groups in total. The van der Waals surface area contributed by atoms with Crippen molar-refractivity contribution >= 4 is 16.9 Å². The third-order valence-corrected chi connectivity index (χ3v) is 2.36. The van der Waals surface area contributed by atoms with Crippen LogP contribution in [0.15, 0.2) is 23.0 Å². The molecule has 0 aliphatic heterocycles. The summed E-state index contributed by atoms with van der Waals surface area (Å²) in [6.45, 7) is 1.54. The number of carbonyl (C=O) groups is 1. The van der Waals surface area contributed by atoms with Crippen LogP contribution in [0.5, 0.6) is 0 Å². The number of rotatable bonds is 1. The van der Waals surface area contributed by atoms with Crippen molar-refractivity contribution in [3.05, 3.63) is 45.5 Å². The van der Waals surface area contributed by atoms with Gasteiger partial charge in [0.25, 0.3) is 0 Å². The standard InChI is InChI=1S/C11H8FNO3/c1-5-2-3-6-9(10(5)12)8(14)4-7(13-6)11(15)16/h2-4H,1H3,(H,13,14)(H,15,16). The highest BCUT2D eigenvalue weighted by Gasteiger charge is 2.12. The second-order valence-electron chi connectivity index (χ2n) is 3.47. The van der Waals surface area contributed by atoms with Crippen molar-refractivity contribution in [1.82, 2.24) is 4.98 Å². The molecule has 0 saturated carbocycles.